The van der Waals surface area contributed by atoms with Crippen LogP contribution in [0, 0.1) is 6.92 Å². The first-order valence-corrected chi connectivity index (χ1v) is 8.75. The third-order valence-corrected chi connectivity index (χ3v) is 4.42. The molecule has 0 unspecified atom stereocenters. The Kier molecular flexibility index (Phi) is 6.87. The fourth-order valence-electron chi connectivity index (χ4n) is 2.24. The van der Waals surface area contributed by atoms with E-state index in [1.54, 1.807) is 14.2 Å². The summed E-state index contributed by atoms with van der Waals surface area (Å²) < 4.78 is 11.6. The van der Waals surface area contributed by atoms with Gasteiger partial charge in [0.15, 0.2) is 16.6 Å². The maximum Gasteiger partial charge on any atom is 0.170 e. The van der Waals surface area contributed by atoms with Gasteiger partial charge >= 0.3 is 0 Å². The van der Waals surface area contributed by atoms with E-state index in [1.807, 2.05) is 37.3 Å². The standard InChI is InChI=1S/C18H21BrN2O2S/c1-12-4-6-15(14(19)10-12)21-18(24)20-9-8-13-5-7-16(22-2)17(11-13)23-3/h4-7,10-11H,8-9H2,1-3H3,(H2,20,21,24). The van der Waals surface area contributed by atoms with Gasteiger partial charge in [0.25, 0.3) is 0 Å². The molecule has 0 aliphatic carbocycles. The van der Waals surface area contributed by atoms with E-state index in [0.29, 0.717) is 5.11 Å². The number of methoxy groups -OCH3 is 2. The molecule has 2 aromatic rings. The van der Waals surface area contributed by atoms with Crippen LogP contribution >= 0.6 is 28.1 Å². The van der Waals surface area contributed by atoms with E-state index in [1.165, 1.54) is 5.56 Å². The zero-order valence-corrected chi connectivity index (χ0v) is 16.4. The van der Waals surface area contributed by atoms with Crippen LogP contribution in [0.2, 0.25) is 0 Å². The fourth-order valence-corrected chi connectivity index (χ4v) is 3.05. The van der Waals surface area contributed by atoms with Crippen molar-refractivity contribution in [1.82, 2.24) is 5.32 Å². The molecule has 0 aliphatic rings. The first-order chi connectivity index (χ1) is 11.5. The number of hydrogen-bond donors (Lipinski definition) is 2. The summed E-state index contributed by atoms with van der Waals surface area (Å²) in [6, 6.07) is 12.0. The molecule has 0 heterocycles. The molecule has 0 fully saturated rings. The minimum atomic E-state index is 0.597. The topological polar surface area (TPSA) is 42.5 Å². The number of anilines is 1. The number of benzene rings is 2. The van der Waals surface area contributed by atoms with Crippen LogP contribution in [0.25, 0.3) is 0 Å². The monoisotopic (exact) mass is 408 g/mol. The highest BCUT2D eigenvalue weighted by Gasteiger charge is 2.05. The van der Waals surface area contributed by atoms with Crippen molar-refractivity contribution in [2.75, 3.05) is 26.1 Å². The SMILES string of the molecule is COc1ccc(CCNC(=S)Nc2ccc(C)cc2Br)cc1OC. The zero-order valence-electron chi connectivity index (χ0n) is 14.0. The molecule has 0 radical (unpaired) electrons. The van der Waals surface area contributed by atoms with Crippen LogP contribution in [0.1, 0.15) is 11.1 Å². The summed E-state index contributed by atoms with van der Waals surface area (Å²) in [6.07, 6.45) is 0.831. The Morgan fingerprint density at radius 1 is 1.08 bits per heavy atom. The van der Waals surface area contributed by atoms with Gasteiger partial charge in [-0.25, -0.2) is 0 Å². The minimum absolute atomic E-state index is 0.597. The van der Waals surface area contributed by atoms with Gasteiger partial charge in [-0.05, 0) is 76.9 Å². The molecule has 2 aromatic carbocycles. The number of aryl methyl sites for hydroxylation is 1. The van der Waals surface area contributed by atoms with Crippen LogP contribution in [0.5, 0.6) is 11.5 Å². The van der Waals surface area contributed by atoms with Gasteiger partial charge < -0.3 is 20.1 Å². The van der Waals surface area contributed by atoms with E-state index in [4.69, 9.17) is 21.7 Å². The lowest BCUT2D eigenvalue weighted by Gasteiger charge is -2.13. The van der Waals surface area contributed by atoms with E-state index in [9.17, 15) is 0 Å². The predicted octanol–water partition coefficient (Wildman–Crippen LogP) is 4.30. The normalized spacial score (nSPS) is 10.2. The van der Waals surface area contributed by atoms with Crippen molar-refractivity contribution in [3.05, 3.63) is 52.0 Å². The summed E-state index contributed by atoms with van der Waals surface area (Å²) in [5.74, 6) is 1.47. The largest absolute Gasteiger partial charge is 0.493 e. The second-order valence-corrected chi connectivity index (χ2v) is 6.57. The first kappa shape index (κ1) is 18.5. The third kappa shape index (κ3) is 5.11. The molecule has 0 aliphatic heterocycles. The van der Waals surface area contributed by atoms with Gasteiger partial charge in [0.1, 0.15) is 0 Å². The molecule has 0 saturated heterocycles. The minimum Gasteiger partial charge on any atom is -0.493 e. The highest BCUT2D eigenvalue weighted by molar-refractivity contribution is 9.10. The summed E-state index contributed by atoms with van der Waals surface area (Å²) in [5.41, 5.74) is 3.29. The van der Waals surface area contributed by atoms with E-state index in [0.717, 1.165) is 40.2 Å². The second-order valence-electron chi connectivity index (χ2n) is 5.30. The Morgan fingerprint density at radius 3 is 2.50 bits per heavy atom. The number of hydrogen-bond acceptors (Lipinski definition) is 3. The van der Waals surface area contributed by atoms with Gasteiger partial charge in [-0.3, -0.25) is 0 Å². The van der Waals surface area contributed by atoms with Crippen molar-refractivity contribution in [2.45, 2.75) is 13.3 Å². The molecule has 24 heavy (non-hydrogen) atoms. The lowest BCUT2D eigenvalue weighted by molar-refractivity contribution is 0.354. The Bertz CT molecular complexity index is 722. The maximum atomic E-state index is 5.34. The molecular weight excluding hydrogens is 388 g/mol. The molecule has 0 aromatic heterocycles. The summed E-state index contributed by atoms with van der Waals surface area (Å²) in [5, 5.41) is 7.01. The number of thiocarbonyl (C=S) groups is 1. The molecule has 0 amide bonds. The first-order valence-electron chi connectivity index (χ1n) is 7.55. The summed E-state index contributed by atoms with van der Waals surface area (Å²) >= 11 is 8.88. The second kappa shape index (κ2) is 8.89. The van der Waals surface area contributed by atoms with Crippen molar-refractivity contribution in [3.8, 4) is 11.5 Å². The zero-order chi connectivity index (χ0) is 17.5. The van der Waals surface area contributed by atoms with Gasteiger partial charge in [-0.1, -0.05) is 12.1 Å². The summed E-state index contributed by atoms with van der Waals surface area (Å²) in [7, 11) is 3.27. The fraction of sp³-hybridized carbons (Fsp3) is 0.278. The predicted molar refractivity (Wildman–Crippen MR) is 106 cm³/mol. The van der Waals surface area contributed by atoms with Crippen molar-refractivity contribution < 1.29 is 9.47 Å². The molecule has 4 nitrogen and oxygen atoms in total. The molecule has 0 bridgehead atoms. The maximum absolute atomic E-state index is 5.34. The van der Waals surface area contributed by atoms with Crippen LogP contribution in [0.15, 0.2) is 40.9 Å². The Balaban J connectivity index is 1.86. The van der Waals surface area contributed by atoms with E-state index in [2.05, 4.69) is 32.6 Å². The third-order valence-electron chi connectivity index (χ3n) is 3.52. The summed E-state index contributed by atoms with van der Waals surface area (Å²) in [4.78, 5) is 0. The average molecular weight is 409 g/mol. The lowest BCUT2D eigenvalue weighted by atomic mass is 10.1. The lowest BCUT2D eigenvalue weighted by Crippen LogP contribution is -2.30. The van der Waals surface area contributed by atoms with Gasteiger partial charge in [0.2, 0.25) is 0 Å². The molecule has 2 N–H and O–H groups in total. The van der Waals surface area contributed by atoms with Crippen molar-refractivity contribution in [2.24, 2.45) is 0 Å². The Hall–Kier alpha value is -1.79. The Morgan fingerprint density at radius 2 is 1.83 bits per heavy atom. The van der Waals surface area contributed by atoms with Gasteiger partial charge in [-0.15, -0.1) is 0 Å². The Labute approximate surface area is 156 Å². The van der Waals surface area contributed by atoms with Crippen molar-refractivity contribution >= 4 is 38.9 Å². The van der Waals surface area contributed by atoms with Crippen LogP contribution < -0.4 is 20.1 Å². The molecule has 0 atom stereocenters. The van der Waals surface area contributed by atoms with Gasteiger partial charge in [-0.2, -0.15) is 0 Å². The summed E-state index contributed by atoms with van der Waals surface area (Å²) in [6.45, 7) is 2.78. The van der Waals surface area contributed by atoms with Crippen LogP contribution in [-0.4, -0.2) is 25.9 Å². The van der Waals surface area contributed by atoms with Gasteiger partial charge in [0.05, 0.1) is 19.9 Å². The number of halogens is 1. The molecule has 2 rings (SSSR count). The van der Waals surface area contributed by atoms with E-state index in [-0.39, 0.29) is 0 Å². The van der Waals surface area contributed by atoms with Gasteiger partial charge in [0, 0.05) is 11.0 Å². The average Bonchev–Trinajstić information content (AvgIpc) is 2.57. The quantitative estimate of drug-likeness (QED) is 0.697. The number of nitrogens with one attached hydrogen (secondary N) is 2. The van der Waals surface area contributed by atoms with E-state index < -0.39 is 0 Å². The van der Waals surface area contributed by atoms with E-state index >= 15 is 0 Å². The van der Waals surface area contributed by atoms with Crippen LogP contribution in [0.4, 0.5) is 5.69 Å². The van der Waals surface area contributed by atoms with Crippen molar-refractivity contribution in [1.29, 1.82) is 0 Å². The van der Waals surface area contributed by atoms with Crippen LogP contribution in [-0.2, 0) is 6.42 Å². The number of rotatable bonds is 6. The van der Waals surface area contributed by atoms with Crippen LogP contribution in [0.3, 0.4) is 0 Å². The highest BCUT2D eigenvalue weighted by atomic mass is 79.9. The molecular formula is C18H21BrN2O2S. The molecule has 0 saturated carbocycles. The smallest absolute Gasteiger partial charge is 0.170 e. The number of ether oxygens (including phenoxy) is 2. The molecule has 6 heteroatoms. The molecule has 0 spiro atoms. The van der Waals surface area contributed by atoms with Crippen molar-refractivity contribution in [3.63, 3.8) is 0 Å². The highest BCUT2D eigenvalue weighted by Crippen LogP contribution is 2.27. The molecule has 128 valence electrons.